The van der Waals surface area contributed by atoms with Gasteiger partial charge < -0.3 is 15.4 Å². The summed E-state index contributed by atoms with van der Waals surface area (Å²) < 4.78 is 6.40. The molecule has 2 amide bonds. The number of methoxy groups -OCH3 is 1. The van der Waals surface area contributed by atoms with E-state index in [2.05, 4.69) is 15.6 Å². The van der Waals surface area contributed by atoms with Crippen LogP contribution < -0.4 is 20.9 Å². The molecule has 9 heteroatoms. The lowest BCUT2D eigenvalue weighted by Gasteiger charge is -2.09. The van der Waals surface area contributed by atoms with Gasteiger partial charge in [0.05, 0.1) is 7.11 Å². The smallest absolute Gasteiger partial charge is 0.274 e. The van der Waals surface area contributed by atoms with Crippen molar-refractivity contribution in [1.82, 2.24) is 9.38 Å². The molecule has 2 N–H and O–H groups in total. The van der Waals surface area contributed by atoms with E-state index in [4.69, 9.17) is 4.74 Å². The Morgan fingerprint density at radius 2 is 1.73 bits per heavy atom. The third-order valence-electron chi connectivity index (χ3n) is 4.86. The van der Waals surface area contributed by atoms with Gasteiger partial charge in [0.1, 0.15) is 16.3 Å². The molecule has 2 aromatic heterocycles. The van der Waals surface area contributed by atoms with Crippen molar-refractivity contribution in [2.45, 2.75) is 19.8 Å². The molecule has 33 heavy (non-hydrogen) atoms. The van der Waals surface area contributed by atoms with Crippen LogP contribution in [-0.4, -0.2) is 28.3 Å². The van der Waals surface area contributed by atoms with Gasteiger partial charge in [-0.05, 0) is 30.7 Å². The van der Waals surface area contributed by atoms with E-state index in [-0.39, 0.29) is 10.6 Å². The molecule has 0 radical (unpaired) electrons. The average molecular weight is 463 g/mol. The average Bonchev–Trinajstić information content (AvgIpc) is 3.20. The highest BCUT2D eigenvalue weighted by Gasteiger charge is 2.26. The first-order valence-corrected chi connectivity index (χ1v) is 11.2. The number of carbonyl (C=O) groups is 2. The molecule has 0 spiro atoms. The van der Waals surface area contributed by atoms with Gasteiger partial charge in [0.2, 0.25) is 0 Å². The van der Waals surface area contributed by atoms with Crippen molar-refractivity contribution in [2.24, 2.45) is 0 Å². The number of aromatic nitrogens is 2. The number of nitrogens with zero attached hydrogens (tertiary/aromatic N) is 2. The number of nitrogens with one attached hydrogen (secondary N) is 2. The summed E-state index contributed by atoms with van der Waals surface area (Å²) in [5, 5.41) is 5.54. The minimum absolute atomic E-state index is 0.0631. The third kappa shape index (κ3) is 4.78. The highest BCUT2D eigenvalue weighted by Crippen LogP contribution is 2.25. The first kappa shape index (κ1) is 22.2. The molecular weight excluding hydrogens is 440 g/mol. The number of anilines is 2. The van der Waals surface area contributed by atoms with Crippen molar-refractivity contribution in [1.29, 1.82) is 0 Å². The summed E-state index contributed by atoms with van der Waals surface area (Å²) in [6.07, 6.45) is 1.44. The number of para-hydroxylation sites is 1. The zero-order chi connectivity index (χ0) is 23.4. The third-order valence-corrected chi connectivity index (χ3v) is 5.90. The summed E-state index contributed by atoms with van der Waals surface area (Å²) in [5.41, 5.74) is 1.20. The summed E-state index contributed by atoms with van der Waals surface area (Å²) in [6.45, 7) is 1.99. The number of hydrogen-bond donors (Lipinski definition) is 2. The van der Waals surface area contributed by atoms with Crippen LogP contribution in [0.4, 0.5) is 11.4 Å². The predicted molar refractivity (Wildman–Crippen MR) is 129 cm³/mol. The van der Waals surface area contributed by atoms with Crippen molar-refractivity contribution < 1.29 is 14.3 Å². The molecule has 0 fully saturated rings. The first-order valence-electron chi connectivity index (χ1n) is 10.4. The summed E-state index contributed by atoms with van der Waals surface area (Å²) in [7, 11) is 1.53. The molecule has 0 atom stereocenters. The Hall–Kier alpha value is -3.98. The van der Waals surface area contributed by atoms with Gasteiger partial charge in [-0.25, -0.2) is 9.38 Å². The summed E-state index contributed by atoms with van der Waals surface area (Å²) in [4.78, 5) is 44.3. The zero-order valence-electron chi connectivity index (χ0n) is 18.1. The van der Waals surface area contributed by atoms with Crippen LogP contribution in [0.2, 0.25) is 0 Å². The minimum atomic E-state index is -0.597. The summed E-state index contributed by atoms with van der Waals surface area (Å²) in [5.74, 6) is -0.531. The number of amides is 2. The Balaban J connectivity index is 1.80. The SMILES string of the molecule is CCCc1cc(=O)n2c(C(=O)Nc3cccc(OC)c3)c(C(=O)Nc3ccccc3)sc2n1. The van der Waals surface area contributed by atoms with Gasteiger partial charge in [-0.15, -0.1) is 0 Å². The Labute approximate surface area is 193 Å². The van der Waals surface area contributed by atoms with Crippen molar-refractivity contribution in [3.8, 4) is 5.75 Å². The second-order valence-corrected chi connectivity index (χ2v) is 8.22. The zero-order valence-corrected chi connectivity index (χ0v) is 18.9. The van der Waals surface area contributed by atoms with Gasteiger partial charge in [0.25, 0.3) is 17.4 Å². The van der Waals surface area contributed by atoms with Crippen molar-refractivity contribution >= 4 is 39.5 Å². The first-order chi connectivity index (χ1) is 16.0. The molecule has 8 nitrogen and oxygen atoms in total. The van der Waals surface area contributed by atoms with Gasteiger partial charge in [-0.3, -0.25) is 14.4 Å². The Kier molecular flexibility index (Phi) is 6.50. The molecule has 0 aliphatic heterocycles. The molecule has 0 bridgehead atoms. The van der Waals surface area contributed by atoms with Crippen LogP contribution in [0.15, 0.2) is 65.5 Å². The van der Waals surface area contributed by atoms with E-state index in [1.807, 2.05) is 13.0 Å². The molecule has 2 aromatic carbocycles. The summed E-state index contributed by atoms with van der Waals surface area (Å²) in [6, 6.07) is 17.1. The number of thiazole rings is 1. The van der Waals surface area contributed by atoms with E-state index >= 15 is 0 Å². The highest BCUT2D eigenvalue weighted by atomic mass is 32.1. The van der Waals surface area contributed by atoms with Crippen LogP contribution in [0, 0.1) is 0 Å². The second-order valence-electron chi connectivity index (χ2n) is 7.24. The quantitative estimate of drug-likeness (QED) is 0.428. The maximum atomic E-state index is 13.3. The molecule has 168 valence electrons. The standard InChI is InChI=1S/C24H22N4O4S/c1-3-8-16-14-19(29)28-20(22(30)26-17-11-7-12-18(13-17)32-2)21(33-24(28)27-16)23(31)25-15-9-5-4-6-10-15/h4-7,9-14H,3,8H2,1-2H3,(H,25,31)(H,26,30). The van der Waals surface area contributed by atoms with Crippen molar-refractivity contribution in [3.63, 3.8) is 0 Å². The topological polar surface area (TPSA) is 102 Å². The van der Waals surface area contributed by atoms with Crippen LogP contribution in [0.25, 0.3) is 4.96 Å². The van der Waals surface area contributed by atoms with Gasteiger partial charge >= 0.3 is 0 Å². The van der Waals surface area contributed by atoms with Gasteiger partial charge in [0.15, 0.2) is 4.96 Å². The highest BCUT2D eigenvalue weighted by molar-refractivity contribution is 7.19. The van der Waals surface area contributed by atoms with Crippen LogP contribution in [0.1, 0.15) is 39.2 Å². The maximum Gasteiger partial charge on any atom is 0.274 e. The number of aryl methyl sites for hydroxylation is 1. The Morgan fingerprint density at radius 1 is 1.00 bits per heavy atom. The number of fused-ring (bicyclic) bond motifs is 1. The monoisotopic (exact) mass is 462 g/mol. The maximum absolute atomic E-state index is 13.3. The molecule has 0 saturated heterocycles. The van der Waals surface area contributed by atoms with E-state index < -0.39 is 17.4 Å². The number of ether oxygens (including phenoxy) is 1. The van der Waals surface area contributed by atoms with E-state index in [9.17, 15) is 14.4 Å². The lowest BCUT2D eigenvalue weighted by molar-refractivity contribution is 0.0989. The van der Waals surface area contributed by atoms with Crippen LogP contribution in [0.5, 0.6) is 5.75 Å². The largest absolute Gasteiger partial charge is 0.497 e. The molecule has 4 rings (SSSR count). The summed E-state index contributed by atoms with van der Waals surface area (Å²) >= 11 is 1.01. The molecule has 0 aliphatic carbocycles. The Morgan fingerprint density at radius 3 is 2.45 bits per heavy atom. The van der Waals surface area contributed by atoms with Crippen LogP contribution in [-0.2, 0) is 6.42 Å². The lowest BCUT2D eigenvalue weighted by atomic mass is 10.2. The fourth-order valence-corrected chi connectivity index (χ4v) is 4.41. The normalized spacial score (nSPS) is 10.7. The van der Waals surface area contributed by atoms with E-state index in [0.29, 0.717) is 34.2 Å². The number of benzene rings is 2. The van der Waals surface area contributed by atoms with Crippen LogP contribution in [0.3, 0.4) is 0 Å². The Bertz CT molecular complexity index is 1380. The van der Waals surface area contributed by atoms with Crippen molar-refractivity contribution in [2.75, 3.05) is 17.7 Å². The van der Waals surface area contributed by atoms with Gasteiger partial charge in [-0.1, -0.05) is 48.9 Å². The molecule has 0 aliphatic rings. The number of rotatable bonds is 7. The number of hydrogen-bond acceptors (Lipinski definition) is 6. The molecule has 0 saturated carbocycles. The van der Waals surface area contributed by atoms with E-state index in [1.54, 1.807) is 48.5 Å². The lowest BCUT2D eigenvalue weighted by Crippen LogP contribution is -2.25. The molecular formula is C24H22N4O4S. The van der Waals surface area contributed by atoms with Crippen LogP contribution >= 0.6 is 11.3 Å². The molecule has 2 heterocycles. The van der Waals surface area contributed by atoms with Crippen molar-refractivity contribution in [3.05, 3.63) is 87.3 Å². The molecule has 4 aromatic rings. The van der Waals surface area contributed by atoms with Gasteiger partial charge in [0, 0.05) is 29.2 Å². The predicted octanol–water partition coefficient (Wildman–Crippen LogP) is 4.22. The van der Waals surface area contributed by atoms with Gasteiger partial charge in [-0.2, -0.15) is 0 Å². The second kappa shape index (κ2) is 9.66. The van der Waals surface area contributed by atoms with E-state index in [1.165, 1.54) is 17.6 Å². The van der Waals surface area contributed by atoms with E-state index in [0.717, 1.165) is 17.8 Å². The number of carbonyl (C=O) groups excluding carboxylic acids is 2. The molecule has 0 unspecified atom stereocenters. The fourth-order valence-electron chi connectivity index (χ4n) is 3.37. The fraction of sp³-hybridized carbons (Fsp3) is 0.167. The minimum Gasteiger partial charge on any atom is -0.497 e.